The minimum absolute atomic E-state index is 0.0165. The predicted molar refractivity (Wildman–Crippen MR) is 55.0 cm³/mol. The summed E-state index contributed by atoms with van der Waals surface area (Å²) in [5.41, 5.74) is 1.50. The van der Waals surface area contributed by atoms with E-state index in [1.54, 1.807) is 24.0 Å². The molecule has 0 aliphatic heterocycles. The average Bonchev–Trinajstić information content (AvgIpc) is 2.56. The van der Waals surface area contributed by atoms with Crippen molar-refractivity contribution in [3.8, 4) is 0 Å². The number of benzene rings is 1. The summed E-state index contributed by atoms with van der Waals surface area (Å²) in [6.45, 7) is 2.00. The normalized spacial score (nSPS) is 11.5. The molecule has 2 nitrogen and oxygen atoms in total. The van der Waals surface area contributed by atoms with Crippen LogP contribution in [0.1, 0.15) is 24.5 Å². The summed E-state index contributed by atoms with van der Waals surface area (Å²) < 4.78 is 27.0. The highest BCUT2D eigenvalue weighted by atomic mass is 19.3. The van der Waals surface area contributed by atoms with Crippen LogP contribution in [0, 0.1) is 0 Å². The third-order valence-corrected chi connectivity index (χ3v) is 2.53. The van der Waals surface area contributed by atoms with Crippen molar-refractivity contribution in [2.75, 3.05) is 0 Å². The van der Waals surface area contributed by atoms with Crippen LogP contribution in [0.25, 0.3) is 10.9 Å². The molecular weight excluding hydrogens is 198 g/mol. The van der Waals surface area contributed by atoms with Gasteiger partial charge in [-0.15, -0.1) is 0 Å². The van der Waals surface area contributed by atoms with E-state index in [1.165, 1.54) is 6.07 Å². The third-order valence-electron chi connectivity index (χ3n) is 2.53. The van der Waals surface area contributed by atoms with Crippen LogP contribution in [-0.2, 0) is 13.5 Å². The number of hydrogen-bond donors (Lipinski definition) is 0. The Hall–Kier alpha value is -1.45. The number of alkyl halides is 2. The lowest BCUT2D eigenvalue weighted by atomic mass is 10.0. The summed E-state index contributed by atoms with van der Waals surface area (Å²) in [6, 6.07) is 3.23. The molecule has 0 fully saturated rings. The second-order valence-electron chi connectivity index (χ2n) is 3.53. The van der Waals surface area contributed by atoms with Gasteiger partial charge < -0.3 is 0 Å². The number of fused-ring (bicyclic) bond motifs is 1. The van der Waals surface area contributed by atoms with E-state index in [0.29, 0.717) is 5.52 Å². The Bertz CT molecular complexity index is 489. The van der Waals surface area contributed by atoms with Crippen molar-refractivity contribution in [1.82, 2.24) is 9.78 Å². The summed E-state index contributed by atoms with van der Waals surface area (Å²) in [4.78, 5) is 0. The van der Waals surface area contributed by atoms with E-state index in [0.717, 1.165) is 17.4 Å². The minimum Gasteiger partial charge on any atom is -0.275 e. The van der Waals surface area contributed by atoms with Crippen LogP contribution >= 0.6 is 0 Å². The molecule has 0 N–H and O–H groups in total. The van der Waals surface area contributed by atoms with Gasteiger partial charge in [0.15, 0.2) is 0 Å². The second kappa shape index (κ2) is 3.61. The Balaban J connectivity index is 2.76. The van der Waals surface area contributed by atoms with Gasteiger partial charge in [0.1, 0.15) is 5.52 Å². The zero-order valence-corrected chi connectivity index (χ0v) is 8.67. The molecule has 0 radical (unpaired) electrons. The monoisotopic (exact) mass is 210 g/mol. The zero-order valence-electron chi connectivity index (χ0n) is 8.67. The van der Waals surface area contributed by atoms with Crippen LogP contribution in [0.3, 0.4) is 0 Å². The van der Waals surface area contributed by atoms with Gasteiger partial charge in [-0.05, 0) is 12.0 Å². The molecule has 4 heteroatoms. The molecule has 1 aromatic carbocycles. The van der Waals surface area contributed by atoms with Crippen LogP contribution in [0.4, 0.5) is 8.78 Å². The molecule has 0 unspecified atom stereocenters. The highest BCUT2D eigenvalue weighted by Crippen LogP contribution is 2.28. The molecule has 0 saturated carbocycles. The molecule has 1 heterocycles. The molecule has 80 valence electrons. The molecule has 1 aromatic heterocycles. The quantitative estimate of drug-likeness (QED) is 0.744. The van der Waals surface area contributed by atoms with E-state index in [9.17, 15) is 8.78 Å². The lowest BCUT2D eigenvalue weighted by Crippen LogP contribution is -1.91. The Morgan fingerprint density at radius 2 is 2.13 bits per heavy atom. The van der Waals surface area contributed by atoms with Gasteiger partial charge in [0.25, 0.3) is 6.43 Å². The first-order valence-electron chi connectivity index (χ1n) is 4.86. The summed E-state index contributed by atoms with van der Waals surface area (Å²) in [5, 5.41) is 4.91. The largest absolute Gasteiger partial charge is 0.275 e. The maximum atomic E-state index is 12.7. The van der Waals surface area contributed by atoms with Gasteiger partial charge in [0, 0.05) is 24.2 Å². The van der Waals surface area contributed by atoms with Crippen molar-refractivity contribution in [1.29, 1.82) is 0 Å². The Morgan fingerprint density at radius 1 is 1.40 bits per heavy atom. The van der Waals surface area contributed by atoms with E-state index < -0.39 is 6.43 Å². The third kappa shape index (κ3) is 1.60. The second-order valence-corrected chi connectivity index (χ2v) is 3.53. The fraction of sp³-hybridized carbons (Fsp3) is 0.364. The fourth-order valence-electron chi connectivity index (χ4n) is 1.78. The molecule has 0 saturated heterocycles. The molecule has 2 rings (SSSR count). The van der Waals surface area contributed by atoms with Gasteiger partial charge in [-0.25, -0.2) is 8.78 Å². The number of halogens is 2. The van der Waals surface area contributed by atoms with E-state index >= 15 is 0 Å². The van der Waals surface area contributed by atoms with Crippen LogP contribution in [0.15, 0.2) is 18.3 Å². The zero-order chi connectivity index (χ0) is 11.0. The smallest absolute Gasteiger partial charge is 0.266 e. The van der Waals surface area contributed by atoms with Crippen LogP contribution in [0.5, 0.6) is 0 Å². The van der Waals surface area contributed by atoms with Gasteiger partial charge in [0.2, 0.25) is 0 Å². The number of hydrogen-bond acceptors (Lipinski definition) is 1. The van der Waals surface area contributed by atoms with Gasteiger partial charge in [0.05, 0.1) is 0 Å². The fourth-order valence-corrected chi connectivity index (χ4v) is 1.78. The predicted octanol–water partition coefficient (Wildman–Crippen LogP) is 3.07. The van der Waals surface area contributed by atoms with E-state index in [-0.39, 0.29) is 5.56 Å². The topological polar surface area (TPSA) is 17.8 Å². The molecule has 0 bridgehead atoms. The van der Waals surface area contributed by atoms with Gasteiger partial charge in [-0.1, -0.05) is 19.1 Å². The van der Waals surface area contributed by atoms with E-state index in [1.807, 2.05) is 6.92 Å². The molecular formula is C11H12F2N2. The average molecular weight is 210 g/mol. The van der Waals surface area contributed by atoms with Crippen molar-refractivity contribution in [2.45, 2.75) is 19.8 Å². The molecule has 0 aliphatic carbocycles. The summed E-state index contributed by atoms with van der Waals surface area (Å²) >= 11 is 0. The Morgan fingerprint density at radius 3 is 2.73 bits per heavy atom. The molecule has 15 heavy (non-hydrogen) atoms. The summed E-state index contributed by atoms with van der Waals surface area (Å²) in [6.07, 6.45) is 0.152. The van der Waals surface area contributed by atoms with Crippen molar-refractivity contribution in [2.24, 2.45) is 7.05 Å². The number of aromatic nitrogens is 2. The van der Waals surface area contributed by atoms with Crippen molar-refractivity contribution < 1.29 is 8.78 Å². The number of rotatable bonds is 2. The highest BCUT2D eigenvalue weighted by molar-refractivity contribution is 5.85. The van der Waals surface area contributed by atoms with Crippen LogP contribution in [-0.4, -0.2) is 9.78 Å². The van der Waals surface area contributed by atoms with Crippen molar-refractivity contribution in [3.05, 3.63) is 29.5 Å². The minimum atomic E-state index is -2.46. The maximum Gasteiger partial charge on any atom is 0.266 e. The number of aryl methyl sites for hydroxylation is 2. The van der Waals surface area contributed by atoms with E-state index in [4.69, 9.17) is 0 Å². The van der Waals surface area contributed by atoms with Gasteiger partial charge in [-0.3, -0.25) is 4.68 Å². The van der Waals surface area contributed by atoms with E-state index in [2.05, 4.69) is 5.10 Å². The summed E-state index contributed by atoms with van der Waals surface area (Å²) in [7, 11) is 1.74. The maximum absolute atomic E-state index is 12.7. The first-order chi connectivity index (χ1) is 7.13. The molecule has 0 aliphatic rings. The van der Waals surface area contributed by atoms with Gasteiger partial charge >= 0.3 is 0 Å². The standard InChI is InChI=1S/C11H12F2N2/c1-3-7-4-5-8(11(12)13)10-9(7)6-15(2)14-10/h4-6,11H,3H2,1-2H3. The van der Waals surface area contributed by atoms with Crippen LogP contribution < -0.4 is 0 Å². The van der Waals surface area contributed by atoms with Crippen molar-refractivity contribution >= 4 is 10.9 Å². The first kappa shape index (κ1) is 10.1. The lowest BCUT2D eigenvalue weighted by molar-refractivity contribution is 0.153. The SMILES string of the molecule is CCc1ccc(C(F)F)c2nn(C)cc12. The molecule has 0 atom stereocenters. The summed E-state index contributed by atoms with van der Waals surface area (Å²) in [5.74, 6) is 0. The van der Waals surface area contributed by atoms with Crippen LogP contribution in [0.2, 0.25) is 0 Å². The highest BCUT2D eigenvalue weighted by Gasteiger charge is 2.15. The number of nitrogens with zero attached hydrogens (tertiary/aromatic N) is 2. The molecule has 0 spiro atoms. The Kier molecular flexibility index (Phi) is 2.42. The molecule has 0 amide bonds. The first-order valence-corrected chi connectivity index (χ1v) is 4.86. The Labute approximate surface area is 86.5 Å². The lowest BCUT2D eigenvalue weighted by Gasteiger charge is -2.03. The van der Waals surface area contributed by atoms with Gasteiger partial charge in [-0.2, -0.15) is 5.10 Å². The molecule has 2 aromatic rings. The van der Waals surface area contributed by atoms with Crippen molar-refractivity contribution in [3.63, 3.8) is 0 Å².